The van der Waals surface area contributed by atoms with E-state index in [0.29, 0.717) is 11.1 Å². The molecular formula is C15H24N2O6S. The van der Waals surface area contributed by atoms with E-state index in [1.807, 2.05) is 0 Å². The third-order valence-electron chi connectivity index (χ3n) is 3.30. The number of nitrogens with one attached hydrogen (secondary N) is 2. The lowest BCUT2D eigenvalue weighted by atomic mass is 10.2. The molecule has 1 heterocycles. The highest BCUT2D eigenvalue weighted by Gasteiger charge is 2.25. The largest absolute Gasteiger partial charge is 0.477 e. The number of carbonyl (C=O) groups excluding carboxylic acids is 1. The summed E-state index contributed by atoms with van der Waals surface area (Å²) in [6, 6.07) is 0. The van der Waals surface area contributed by atoms with Crippen molar-refractivity contribution in [3.63, 3.8) is 0 Å². The van der Waals surface area contributed by atoms with Gasteiger partial charge in [-0.15, -0.1) is 0 Å². The van der Waals surface area contributed by atoms with Crippen molar-refractivity contribution in [1.29, 1.82) is 0 Å². The molecule has 0 radical (unpaired) electrons. The standard InChI is InChI=1S/C15H24N2O6S/c1-9-10(2)12(17-11(9)13(18)19)24(21,22)8-6-7-16-14(20)23-15(3,4)5/h17H,6-8H2,1-5H3,(H,16,20)(H,18,19). The highest BCUT2D eigenvalue weighted by atomic mass is 32.2. The Hall–Kier alpha value is -2.03. The molecule has 8 nitrogen and oxygen atoms in total. The van der Waals surface area contributed by atoms with Crippen molar-refractivity contribution in [3.8, 4) is 0 Å². The van der Waals surface area contributed by atoms with Crippen LogP contribution < -0.4 is 5.32 Å². The minimum absolute atomic E-state index is 0.0883. The van der Waals surface area contributed by atoms with Crippen LogP contribution in [0.3, 0.4) is 0 Å². The van der Waals surface area contributed by atoms with Crippen LogP contribution in [0.25, 0.3) is 0 Å². The third kappa shape index (κ3) is 5.26. The predicted octanol–water partition coefficient (Wildman–Crippen LogP) is 2.02. The molecule has 1 aromatic heterocycles. The number of carboxylic acid groups (broad SMARTS) is 1. The Kier molecular flexibility index (Phi) is 6.04. The first kappa shape index (κ1) is 20.0. The van der Waals surface area contributed by atoms with Gasteiger partial charge in [-0.3, -0.25) is 0 Å². The van der Waals surface area contributed by atoms with E-state index < -0.39 is 27.5 Å². The van der Waals surface area contributed by atoms with Gasteiger partial charge in [-0.25, -0.2) is 18.0 Å². The minimum Gasteiger partial charge on any atom is -0.477 e. The molecule has 0 atom stereocenters. The van der Waals surface area contributed by atoms with Gasteiger partial charge in [0.25, 0.3) is 0 Å². The fraction of sp³-hybridized carbons (Fsp3) is 0.600. The Labute approximate surface area is 141 Å². The lowest BCUT2D eigenvalue weighted by molar-refractivity contribution is 0.0527. The zero-order valence-electron chi connectivity index (χ0n) is 14.5. The van der Waals surface area contributed by atoms with Crippen molar-refractivity contribution < 1.29 is 27.9 Å². The Balaban J connectivity index is 2.67. The summed E-state index contributed by atoms with van der Waals surface area (Å²) >= 11 is 0. The highest BCUT2D eigenvalue weighted by molar-refractivity contribution is 7.91. The summed E-state index contributed by atoms with van der Waals surface area (Å²) in [6.45, 7) is 8.44. The molecule has 1 amide bonds. The van der Waals surface area contributed by atoms with Crippen molar-refractivity contribution in [2.24, 2.45) is 0 Å². The number of sulfone groups is 1. The molecule has 1 aromatic rings. The lowest BCUT2D eigenvalue weighted by Crippen LogP contribution is -2.33. The van der Waals surface area contributed by atoms with Crippen molar-refractivity contribution in [1.82, 2.24) is 10.3 Å². The molecule has 0 saturated heterocycles. The van der Waals surface area contributed by atoms with Gasteiger partial charge >= 0.3 is 12.1 Å². The first-order valence-corrected chi connectivity index (χ1v) is 9.12. The lowest BCUT2D eigenvalue weighted by Gasteiger charge is -2.19. The maximum atomic E-state index is 12.3. The van der Waals surface area contributed by atoms with E-state index in [1.54, 1.807) is 34.6 Å². The number of rotatable bonds is 6. The number of carboxylic acids is 1. The highest BCUT2D eigenvalue weighted by Crippen LogP contribution is 2.22. The number of hydrogen-bond acceptors (Lipinski definition) is 5. The van der Waals surface area contributed by atoms with Crippen LogP contribution in [-0.2, 0) is 14.6 Å². The van der Waals surface area contributed by atoms with Crippen LogP contribution in [0.5, 0.6) is 0 Å². The second-order valence-corrected chi connectivity index (χ2v) is 8.53. The van der Waals surface area contributed by atoms with E-state index in [4.69, 9.17) is 9.84 Å². The molecule has 0 spiro atoms. The Morgan fingerprint density at radius 3 is 2.25 bits per heavy atom. The molecule has 0 aliphatic heterocycles. The summed E-state index contributed by atoms with van der Waals surface area (Å²) in [6.07, 6.45) is -0.429. The van der Waals surface area contributed by atoms with Crippen molar-refractivity contribution >= 4 is 21.9 Å². The van der Waals surface area contributed by atoms with Gasteiger partial charge in [-0.1, -0.05) is 0 Å². The van der Waals surface area contributed by atoms with E-state index in [2.05, 4.69) is 10.3 Å². The van der Waals surface area contributed by atoms with Gasteiger partial charge in [-0.05, 0) is 52.2 Å². The molecule has 3 N–H and O–H groups in total. The van der Waals surface area contributed by atoms with Crippen LogP contribution in [0.1, 0.15) is 48.8 Å². The van der Waals surface area contributed by atoms with E-state index in [-0.39, 0.29) is 29.4 Å². The molecule has 0 saturated carbocycles. The zero-order chi connectivity index (χ0) is 18.7. The van der Waals surface area contributed by atoms with Gasteiger partial charge in [0.1, 0.15) is 16.3 Å². The summed E-state index contributed by atoms with van der Waals surface area (Å²) in [7, 11) is -3.67. The maximum Gasteiger partial charge on any atom is 0.407 e. The number of alkyl carbamates (subject to hydrolysis) is 1. The number of carbonyl (C=O) groups is 2. The van der Waals surface area contributed by atoms with Crippen molar-refractivity contribution in [2.45, 2.75) is 51.7 Å². The van der Waals surface area contributed by atoms with Crippen LogP contribution in [0, 0.1) is 13.8 Å². The topological polar surface area (TPSA) is 126 Å². The first-order valence-electron chi connectivity index (χ1n) is 7.47. The molecule has 0 aromatic carbocycles. The summed E-state index contributed by atoms with van der Waals surface area (Å²) < 4.78 is 29.7. The quantitative estimate of drug-likeness (QED) is 0.666. The van der Waals surface area contributed by atoms with Crippen LogP contribution in [0.15, 0.2) is 5.03 Å². The number of hydrogen-bond donors (Lipinski definition) is 3. The predicted molar refractivity (Wildman–Crippen MR) is 88.1 cm³/mol. The number of H-pyrrole nitrogens is 1. The average Bonchev–Trinajstić information content (AvgIpc) is 2.70. The van der Waals surface area contributed by atoms with Gasteiger partial charge in [0, 0.05) is 6.54 Å². The zero-order valence-corrected chi connectivity index (χ0v) is 15.3. The molecule has 0 fully saturated rings. The number of aromatic amines is 1. The second kappa shape index (κ2) is 7.25. The number of aromatic nitrogens is 1. The van der Waals surface area contributed by atoms with E-state index in [0.717, 1.165) is 0 Å². The molecule has 0 aliphatic carbocycles. The van der Waals surface area contributed by atoms with Gasteiger partial charge in [0.15, 0.2) is 9.84 Å². The summed E-state index contributed by atoms with van der Waals surface area (Å²) in [4.78, 5) is 25.0. The maximum absolute atomic E-state index is 12.3. The monoisotopic (exact) mass is 360 g/mol. The van der Waals surface area contributed by atoms with Crippen LogP contribution in [-0.4, -0.2) is 48.5 Å². The van der Waals surface area contributed by atoms with Crippen molar-refractivity contribution in [2.75, 3.05) is 12.3 Å². The second-order valence-electron chi connectivity index (χ2n) is 6.49. The first-order chi connectivity index (χ1) is 10.8. The summed E-state index contributed by atoms with van der Waals surface area (Å²) in [5.74, 6) is -1.42. The normalized spacial score (nSPS) is 12.0. The van der Waals surface area contributed by atoms with Gasteiger partial charge in [0.2, 0.25) is 0 Å². The smallest absolute Gasteiger partial charge is 0.407 e. The SMILES string of the molecule is Cc1c(C(=O)O)[nH]c(S(=O)(=O)CCCNC(=O)OC(C)(C)C)c1C. The third-order valence-corrected chi connectivity index (χ3v) is 5.16. The number of amides is 1. The van der Waals surface area contributed by atoms with Gasteiger partial charge < -0.3 is 20.1 Å². The van der Waals surface area contributed by atoms with Gasteiger partial charge in [0.05, 0.1) is 5.75 Å². The van der Waals surface area contributed by atoms with Crippen molar-refractivity contribution in [3.05, 3.63) is 16.8 Å². The van der Waals surface area contributed by atoms with E-state index >= 15 is 0 Å². The average molecular weight is 360 g/mol. The summed E-state index contributed by atoms with van der Waals surface area (Å²) in [5.41, 5.74) is 0.0425. The Morgan fingerprint density at radius 2 is 1.79 bits per heavy atom. The molecule has 9 heteroatoms. The molecular weight excluding hydrogens is 336 g/mol. The fourth-order valence-corrected chi connectivity index (χ4v) is 3.66. The Morgan fingerprint density at radius 1 is 1.21 bits per heavy atom. The van der Waals surface area contributed by atoms with Crippen LogP contribution >= 0.6 is 0 Å². The van der Waals surface area contributed by atoms with Crippen LogP contribution in [0.4, 0.5) is 4.79 Å². The van der Waals surface area contributed by atoms with E-state index in [1.165, 1.54) is 0 Å². The molecule has 24 heavy (non-hydrogen) atoms. The van der Waals surface area contributed by atoms with Gasteiger partial charge in [-0.2, -0.15) is 0 Å². The molecule has 1 rings (SSSR count). The Bertz CT molecular complexity index is 728. The molecule has 0 aliphatic rings. The minimum atomic E-state index is -3.67. The number of aromatic carboxylic acids is 1. The summed E-state index contributed by atoms with van der Waals surface area (Å²) in [5, 5.41) is 11.4. The van der Waals surface area contributed by atoms with Crippen LogP contribution in [0.2, 0.25) is 0 Å². The molecule has 136 valence electrons. The van der Waals surface area contributed by atoms with E-state index in [9.17, 15) is 18.0 Å². The molecule has 0 bridgehead atoms. The fourth-order valence-electron chi connectivity index (χ4n) is 2.05. The molecule has 0 unspecified atom stereocenters. The number of ether oxygens (including phenoxy) is 1.